The minimum atomic E-state index is -0.625. The van der Waals surface area contributed by atoms with Crippen molar-refractivity contribution in [3.8, 4) is 5.75 Å². The second-order valence-corrected chi connectivity index (χ2v) is 9.18. The van der Waals surface area contributed by atoms with Gasteiger partial charge in [0.05, 0.1) is 0 Å². The average molecular weight is 456 g/mol. The summed E-state index contributed by atoms with van der Waals surface area (Å²) in [5.74, 6) is -0.00586. The minimum Gasteiger partial charge on any atom is -0.508 e. The number of phenols is 1. The summed E-state index contributed by atoms with van der Waals surface area (Å²) in [7, 11) is 0. The van der Waals surface area contributed by atoms with Crippen molar-refractivity contribution in [2.45, 2.75) is 43.9 Å². The molecule has 0 saturated carbocycles. The molecule has 3 aromatic carbocycles. The molecule has 6 heteroatoms. The summed E-state index contributed by atoms with van der Waals surface area (Å²) >= 11 is 0. The Hall–Kier alpha value is -3.64. The average Bonchev–Trinajstić information content (AvgIpc) is 2.86. The Morgan fingerprint density at radius 2 is 1.50 bits per heavy atom. The summed E-state index contributed by atoms with van der Waals surface area (Å²) in [4.78, 5) is 28.8. The van der Waals surface area contributed by atoms with Crippen LogP contribution in [0.15, 0.2) is 78.9 Å². The van der Waals surface area contributed by atoms with Gasteiger partial charge in [-0.15, -0.1) is 0 Å². The Morgan fingerprint density at radius 1 is 0.824 bits per heavy atom. The van der Waals surface area contributed by atoms with Crippen LogP contribution < -0.4 is 10.6 Å². The summed E-state index contributed by atoms with van der Waals surface area (Å²) in [6.07, 6.45) is 1.69. The highest BCUT2D eigenvalue weighted by Gasteiger charge is 2.41. The van der Waals surface area contributed by atoms with E-state index in [0.717, 1.165) is 24.1 Å². The van der Waals surface area contributed by atoms with Crippen LogP contribution in [0.5, 0.6) is 5.75 Å². The Labute approximate surface area is 199 Å². The summed E-state index contributed by atoms with van der Waals surface area (Å²) in [5.41, 5.74) is 4.50. The third-order valence-corrected chi connectivity index (χ3v) is 6.81. The Balaban J connectivity index is 1.38. The fourth-order valence-corrected chi connectivity index (χ4v) is 4.98. The van der Waals surface area contributed by atoms with Crippen LogP contribution in [-0.4, -0.2) is 46.5 Å². The number of phenolic OH excluding ortho intramolecular Hbond substituents is 1. The first-order valence-corrected chi connectivity index (χ1v) is 11.8. The normalized spacial score (nSPS) is 22.2. The first-order chi connectivity index (χ1) is 16.6. The molecule has 1 fully saturated rings. The molecule has 1 saturated heterocycles. The second-order valence-electron chi connectivity index (χ2n) is 9.18. The van der Waals surface area contributed by atoms with E-state index in [1.165, 1.54) is 11.1 Å². The van der Waals surface area contributed by atoms with E-state index >= 15 is 0 Å². The van der Waals surface area contributed by atoms with Gasteiger partial charge in [0.2, 0.25) is 11.8 Å². The molecule has 2 aliphatic rings. The summed E-state index contributed by atoms with van der Waals surface area (Å²) < 4.78 is 0. The molecule has 0 spiro atoms. The van der Waals surface area contributed by atoms with Gasteiger partial charge in [0.1, 0.15) is 17.8 Å². The van der Waals surface area contributed by atoms with Crippen molar-refractivity contribution in [1.29, 1.82) is 0 Å². The number of benzene rings is 3. The zero-order valence-electron chi connectivity index (χ0n) is 19.0. The molecule has 34 heavy (non-hydrogen) atoms. The number of hydrogen-bond acceptors (Lipinski definition) is 4. The van der Waals surface area contributed by atoms with Crippen LogP contribution in [0.2, 0.25) is 0 Å². The molecular weight excluding hydrogens is 426 g/mol. The number of fused-ring (bicyclic) bond motifs is 1. The van der Waals surface area contributed by atoms with Gasteiger partial charge in [-0.05, 0) is 40.8 Å². The van der Waals surface area contributed by atoms with E-state index < -0.39 is 12.1 Å². The van der Waals surface area contributed by atoms with Crippen LogP contribution in [0.25, 0.3) is 0 Å². The zero-order valence-corrected chi connectivity index (χ0v) is 19.0. The molecule has 174 valence electrons. The highest BCUT2D eigenvalue weighted by atomic mass is 16.3. The van der Waals surface area contributed by atoms with E-state index in [9.17, 15) is 14.7 Å². The predicted molar refractivity (Wildman–Crippen MR) is 130 cm³/mol. The maximum Gasteiger partial charge on any atom is 0.246 e. The van der Waals surface area contributed by atoms with Crippen molar-refractivity contribution in [1.82, 2.24) is 15.5 Å². The topological polar surface area (TPSA) is 81.7 Å². The standard InChI is InChI=1S/C28H29N3O3/c32-24-12-10-20(11-13-24)14-25-28(34)31(18-23-16-21-8-4-5-9-22(21)17-29-23)26(27(33)30-25)15-19-6-2-1-3-7-19/h1-13,23,25-26,29,32H,14-18H2,(H,30,33)/t23-,25-,26-/m0/s1. The van der Waals surface area contributed by atoms with Gasteiger partial charge in [-0.3, -0.25) is 9.59 Å². The van der Waals surface area contributed by atoms with Crippen molar-refractivity contribution in [3.05, 3.63) is 101 Å². The molecule has 0 aromatic heterocycles. The van der Waals surface area contributed by atoms with Crippen molar-refractivity contribution >= 4 is 11.8 Å². The maximum atomic E-state index is 13.7. The van der Waals surface area contributed by atoms with Crippen LogP contribution in [0.1, 0.15) is 22.3 Å². The molecule has 2 heterocycles. The minimum absolute atomic E-state index is 0.0609. The number of rotatable bonds is 6. The van der Waals surface area contributed by atoms with E-state index in [-0.39, 0.29) is 23.6 Å². The fourth-order valence-electron chi connectivity index (χ4n) is 4.98. The Kier molecular flexibility index (Phi) is 6.32. The highest BCUT2D eigenvalue weighted by molar-refractivity contribution is 5.97. The van der Waals surface area contributed by atoms with E-state index in [2.05, 4.69) is 22.8 Å². The molecule has 0 radical (unpaired) electrons. The third-order valence-electron chi connectivity index (χ3n) is 6.81. The number of piperazine rings is 1. The van der Waals surface area contributed by atoms with Crippen LogP contribution in [-0.2, 0) is 35.4 Å². The van der Waals surface area contributed by atoms with Gasteiger partial charge in [-0.1, -0.05) is 66.7 Å². The number of carbonyl (C=O) groups excluding carboxylic acids is 2. The van der Waals surface area contributed by atoms with Gasteiger partial charge in [0.25, 0.3) is 0 Å². The predicted octanol–water partition coefficient (Wildman–Crippen LogP) is 2.59. The zero-order chi connectivity index (χ0) is 23.5. The van der Waals surface area contributed by atoms with Crippen molar-refractivity contribution in [3.63, 3.8) is 0 Å². The molecule has 2 aliphatic heterocycles. The fraction of sp³-hybridized carbons (Fsp3) is 0.286. The Morgan fingerprint density at radius 3 is 2.26 bits per heavy atom. The third kappa shape index (κ3) is 4.82. The van der Waals surface area contributed by atoms with Gasteiger partial charge >= 0.3 is 0 Å². The van der Waals surface area contributed by atoms with E-state index in [4.69, 9.17) is 0 Å². The largest absolute Gasteiger partial charge is 0.508 e. The van der Waals surface area contributed by atoms with E-state index in [1.54, 1.807) is 29.2 Å². The van der Waals surface area contributed by atoms with Gasteiger partial charge in [0, 0.05) is 32.0 Å². The molecule has 6 nitrogen and oxygen atoms in total. The number of carbonyl (C=O) groups is 2. The summed E-state index contributed by atoms with van der Waals surface area (Å²) in [6, 6.07) is 23.9. The molecular formula is C28H29N3O3. The van der Waals surface area contributed by atoms with E-state index in [1.807, 2.05) is 42.5 Å². The number of hydrogen-bond donors (Lipinski definition) is 3. The first kappa shape index (κ1) is 22.2. The van der Waals surface area contributed by atoms with Crippen molar-refractivity contribution in [2.24, 2.45) is 0 Å². The molecule has 0 unspecified atom stereocenters. The van der Waals surface area contributed by atoms with Crippen LogP contribution in [0, 0.1) is 0 Å². The lowest BCUT2D eigenvalue weighted by molar-refractivity contribution is -0.149. The molecule has 5 rings (SSSR count). The second kappa shape index (κ2) is 9.69. The first-order valence-electron chi connectivity index (χ1n) is 11.8. The number of amides is 2. The molecule has 0 aliphatic carbocycles. The Bertz CT molecular complexity index is 1160. The highest BCUT2D eigenvalue weighted by Crippen LogP contribution is 2.22. The maximum absolute atomic E-state index is 13.7. The molecule has 3 atom stereocenters. The molecule has 0 bridgehead atoms. The van der Waals surface area contributed by atoms with Gasteiger partial charge in [0.15, 0.2) is 0 Å². The van der Waals surface area contributed by atoms with E-state index in [0.29, 0.717) is 19.4 Å². The lowest BCUT2D eigenvalue weighted by atomic mass is 9.93. The number of aromatic hydroxyl groups is 1. The van der Waals surface area contributed by atoms with Crippen molar-refractivity contribution < 1.29 is 14.7 Å². The monoisotopic (exact) mass is 455 g/mol. The van der Waals surface area contributed by atoms with Gasteiger partial charge in [-0.25, -0.2) is 0 Å². The molecule has 3 N–H and O–H groups in total. The molecule has 3 aromatic rings. The van der Waals surface area contributed by atoms with Gasteiger partial charge in [-0.2, -0.15) is 0 Å². The number of nitrogens with one attached hydrogen (secondary N) is 2. The lowest BCUT2D eigenvalue weighted by Crippen LogP contribution is -2.66. The smallest absolute Gasteiger partial charge is 0.246 e. The van der Waals surface area contributed by atoms with Crippen LogP contribution in [0.3, 0.4) is 0 Å². The quantitative estimate of drug-likeness (QED) is 0.534. The van der Waals surface area contributed by atoms with Crippen LogP contribution in [0.4, 0.5) is 0 Å². The number of nitrogens with zero attached hydrogens (tertiary/aromatic N) is 1. The van der Waals surface area contributed by atoms with Crippen LogP contribution >= 0.6 is 0 Å². The summed E-state index contributed by atoms with van der Waals surface area (Å²) in [5, 5.41) is 16.1. The van der Waals surface area contributed by atoms with Crippen molar-refractivity contribution in [2.75, 3.05) is 6.54 Å². The molecule has 2 amide bonds. The summed E-state index contributed by atoms with van der Waals surface area (Å²) in [6.45, 7) is 1.24. The van der Waals surface area contributed by atoms with Gasteiger partial charge < -0.3 is 20.6 Å². The lowest BCUT2D eigenvalue weighted by Gasteiger charge is -2.41. The SMILES string of the molecule is O=C1N[C@@H](Cc2ccc(O)cc2)C(=O)N(C[C@@H]2Cc3ccccc3CN2)[C@H]1Cc1ccccc1.